The second-order valence-electron chi connectivity index (χ2n) is 10.5. The van der Waals surface area contributed by atoms with E-state index in [1.165, 1.54) is 33.5 Å². The SMILES string of the molecule is COc1c(O)c2c(=O)cc(OC)c3c4c(OC)cc(=O)c5c6c(c7c(c(c1[C@@H]([C@H](C)O)[C@@H]7[C@H](C)O)c23)c54)OCO6. The maximum absolute atomic E-state index is 13.7. The molecule has 0 spiro atoms. The monoisotopic (exact) mass is 546 g/mol. The molecule has 0 saturated carbocycles. The van der Waals surface area contributed by atoms with E-state index in [0.29, 0.717) is 49.2 Å². The van der Waals surface area contributed by atoms with Crippen molar-refractivity contribution in [3.8, 4) is 34.5 Å². The molecule has 206 valence electrons. The van der Waals surface area contributed by atoms with Gasteiger partial charge in [0.05, 0.1) is 44.3 Å². The number of aliphatic hydroxyl groups excluding tert-OH is 2. The first-order chi connectivity index (χ1) is 19.2. The molecule has 10 nitrogen and oxygen atoms in total. The lowest BCUT2D eigenvalue weighted by molar-refractivity contribution is 0.0880. The fourth-order valence-corrected chi connectivity index (χ4v) is 7.25. The topological polar surface area (TPSA) is 141 Å². The van der Waals surface area contributed by atoms with Crippen molar-refractivity contribution in [2.45, 2.75) is 37.9 Å². The molecule has 0 fully saturated rings. The van der Waals surface area contributed by atoms with Gasteiger partial charge in [-0.15, -0.1) is 0 Å². The Morgan fingerprint density at radius 2 is 1.20 bits per heavy atom. The molecule has 3 N–H and O–H groups in total. The van der Waals surface area contributed by atoms with Gasteiger partial charge in [-0.1, -0.05) is 0 Å². The number of phenolic OH excluding ortho intramolecular Hbond substituents is 1. The third-order valence-corrected chi connectivity index (χ3v) is 8.57. The van der Waals surface area contributed by atoms with Gasteiger partial charge < -0.3 is 39.0 Å². The molecule has 0 saturated heterocycles. The minimum Gasteiger partial charge on any atom is -0.504 e. The number of rotatable bonds is 5. The van der Waals surface area contributed by atoms with Crippen LogP contribution in [0.5, 0.6) is 34.5 Å². The van der Waals surface area contributed by atoms with Crippen LogP contribution in [0.2, 0.25) is 0 Å². The number of phenols is 1. The van der Waals surface area contributed by atoms with E-state index < -0.39 is 29.5 Å². The minimum absolute atomic E-state index is 0.00177. The molecule has 1 heterocycles. The number of hydrogen-bond acceptors (Lipinski definition) is 10. The van der Waals surface area contributed by atoms with Gasteiger partial charge in [0, 0.05) is 56.6 Å². The number of ether oxygens (including phenoxy) is 5. The first kappa shape index (κ1) is 24.7. The van der Waals surface area contributed by atoms with Crippen LogP contribution in [0.4, 0.5) is 0 Å². The molecule has 1 aliphatic carbocycles. The van der Waals surface area contributed by atoms with Crippen LogP contribution in [-0.4, -0.2) is 55.6 Å². The van der Waals surface area contributed by atoms with E-state index >= 15 is 0 Å². The molecule has 7 rings (SSSR count). The third-order valence-electron chi connectivity index (χ3n) is 8.57. The average Bonchev–Trinajstić information content (AvgIpc) is 3.41. The van der Waals surface area contributed by atoms with Gasteiger partial charge in [-0.2, -0.15) is 0 Å². The van der Waals surface area contributed by atoms with Crippen LogP contribution in [0.15, 0.2) is 21.7 Å². The van der Waals surface area contributed by atoms with Gasteiger partial charge in [-0.05, 0) is 24.6 Å². The van der Waals surface area contributed by atoms with Crippen LogP contribution >= 0.6 is 0 Å². The summed E-state index contributed by atoms with van der Waals surface area (Å²) in [7, 11) is 4.24. The third kappa shape index (κ3) is 2.70. The minimum atomic E-state index is -1.04. The maximum atomic E-state index is 13.7. The molecular formula is C30H26O10. The number of hydrogen-bond donors (Lipinski definition) is 3. The fourth-order valence-electron chi connectivity index (χ4n) is 7.25. The lowest BCUT2D eigenvalue weighted by Crippen LogP contribution is -2.32. The Bertz CT molecular complexity index is 1980. The lowest BCUT2D eigenvalue weighted by atomic mass is 9.66. The molecule has 0 unspecified atom stereocenters. The summed E-state index contributed by atoms with van der Waals surface area (Å²) in [6.07, 6.45) is -2.05. The quantitative estimate of drug-likeness (QED) is 0.222. The predicted molar refractivity (Wildman–Crippen MR) is 148 cm³/mol. The summed E-state index contributed by atoms with van der Waals surface area (Å²) < 4.78 is 29.0. The molecule has 10 heteroatoms. The van der Waals surface area contributed by atoms with Gasteiger partial charge >= 0.3 is 0 Å². The van der Waals surface area contributed by atoms with E-state index in [1.54, 1.807) is 13.8 Å². The average molecular weight is 547 g/mol. The predicted octanol–water partition coefficient (Wildman–Crippen LogP) is 3.30. The smallest absolute Gasteiger partial charge is 0.231 e. The number of benzene rings is 5. The van der Waals surface area contributed by atoms with E-state index in [1.807, 2.05) is 0 Å². The van der Waals surface area contributed by atoms with Crippen molar-refractivity contribution in [2.24, 2.45) is 0 Å². The van der Waals surface area contributed by atoms with Crippen molar-refractivity contribution >= 4 is 43.1 Å². The summed E-state index contributed by atoms with van der Waals surface area (Å²) in [4.78, 5) is 27.2. The standard InChI is InChI=1S/C30H26O10/c1-9(31)15-16(10(2)32)26-24-22-18(29-30(26)40-8-39-29)12(34)7-14(37-4)20(22)19-13(36-3)6-11(33)17-21(19)23(24)25(15)28(38-5)27(17)35/h6-7,9-10,15-16,31-32,35H,8H2,1-5H3/t9-,10-,15-,16-/m0/s1. The maximum Gasteiger partial charge on any atom is 0.231 e. The molecule has 2 aliphatic rings. The summed E-state index contributed by atoms with van der Waals surface area (Å²) in [6, 6.07) is 2.64. The largest absolute Gasteiger partial charge is 0.504 e. The van der Waals surface area contributed by atoms with E-state index in [4.69, 9.17) is 23.7 Å². The highest BCUT2D eigenvalue weighted by molar-refractivity contribution is 6.39. The number of aliphatic hydroxyl groups is 2. The second-order valence-corrected chi connectivity index (χ2v) is 10.5. The summed E-state index contributed by atoms with van der Waals surface area (Å²) in [5, 5.41) is 37.1. The van der Waals surface area contributed by atoms with Gasteiger partial charge in [0.25, 0.3) is 0 Å². The number of methoxy groups -OCH3 is 3. The first-order valence-corrected chi connectivity index (χ1v) is 12.9. The van der Waals surface area contributed by atoms with Crippen LogP contribution in [0.3, 0.4) is 0 Å². The van der Waals surface area contributed by atoms with E-state index in [2.05, 4.69) is 0 Å². The first-order valence-electron chi connectivity index (χ1n) is 12.9. The van der Waals surface area contributed by atoms with Crippen LogP contribution < -0.4 is 34.5 Å². The highest BCUT2D eigenvalue weighted by atomic mass is 16.7. The zero-order chi connectivity index (χ0) is 28.4. The summed E-state index contributed by atoms with van der Waals surface area (Å²) in [5.41, 5.74) is 0.0905. The van der Waals surface area contributed by atoms with E-state index in [0.717, 1.165) is 0 Å². The molecule has 0 amide bonds. The molecule has 4 atom stereocenters. The Balaban J connectivity index is 1.99. The Kier molecular flexibility index (Phi) is 5.02. The van der Waals surface area contributed by atoms with E-state index in [-0.39, 0.29) is 51.7 Å². The Morgan fingerprint density at radius 1 is 0.700 bits per heavy atom. The summed E-state index contributed by atoms with van der Waals surface area (Å²) >= 11 is 0. The number of aromatic hydroxyl groups is 1. The van der Waals surface area contributed by atoms with Crippen LogP contribution in [0, 0.1) is 0 Å². The van der Waals surface area contributed by atoms with Crippen LogP contribution in [0.25, 0.3) is 43.1 Å². The number of fused-ring (bicyclic) bond motifs is 4. The molecular weight excluding hydrogens is 520 g/mol. The zero-order valence-electron chi connectivity index (χ0n) is 22.4. The van der Waals surface area contributed by atoms with Crippen molar-refractivity contribution in [3.05, 3.63) is 43.7 Å². The van der Waals surface area contributed by atoms with Gasteiger partial charge in [0.1, 0.15) is 11.5 Å². The highest BCUT2D eigenvalue weighted by Crippen LogP contribution is 2.63. The molecule has 0 aromatic heterocycles. The fraction of sp³-hybridized carbons (Fsp3) is 0.333. The van der Waals surface area contributed by atoms with Crippen molar-refractivity contribution < 1.29 is 39.0 Å². The van der Waals surface area contributed by atoms with Gasteiger partial charge in [0.2, 0.25) is 6.79 Å². The molecule has 40 heavy (non-hydrogen) atoms. The Hall–Kier alpha value is -4.28. The molecule has 0 bridgehead atoms. The second kappa shape index (κ2) is 8.12. The highest BCUT2D eigenvalue weighted by Gasteiger charge is 2.46. The Labute approximate surface area is 226 Å². The zero-order valence-corrected chi connectivity index (χ0v) is 22.4. The van der Waals surface area contributed by atoms with Crippen molar-refractivity contribution in [2.75, 3.05) is 28.1 Å². The Morgan fingerprint density at radius 3 is 1.75 bits per heavy atom. The molecule has 0 radical (unpaired) electrons. The molecule has 5 aromatic carbocycles. The van der Waals surface area contributed by atoms with E-state index in [9.17, 15) is 24.9 Å². The molecule has 1 aliphatic heterocycles. The van der Waals surface area contributed by atoms with Gasteiger partial charge in [-0.25, -0.2) is 0 Å². The van der Waals surface area contributed by atoms with Crippen LogP contribution in [0.1, 0.15) is 36.8 Å². The van der Waals surface area contributed by atoms with Crippen molar-refractivity contribution in [3.63, 3.8) is 0 Å². The summed E-state index contributed by atoms with van der Waals surface area (Å²) in [6.45, 7) is 3.06. The normalized spacial score (nSPS) is 19.3. The van der Waals surface area contributed by atoms with Gasteiger partial charge in [0.15, 0.2) is 33.9 Å². The van der Waals surface area contributed by atoms with Crippen molar-refractivity contribution in [1.82, 2.24) is 0 Å². The lowest BCUT2D eigenvalue weighted by Gasteiger charge is -2.39. The van der Waals surface area contributed by atoms with Gasteiger partial charge in [-0.3, -0.25) is 9.59 Å². The summed E-state index contributed by atoms with van der Waals surface area (Å²) in [5.74, 6) is -0.935. The van der Waals surface area contributed by atoms with Crippen LogP contribution in [-0.2, 0) is 0 Å². The molecule has 5 aromatic rings. The van der Waals surface area contributed by atoms with Crippen molar-refractivity contribution in [1.29, 1.82) is 0 Å².